The summed E-state index contributed by atoms with van der Waals surface area (Å²) in [5.74, 6) is 1.48. The maximum absolute atomic E-state index is 12.9. The molecule has 10 heteroatoms. The quantitative estimate of drug-likeness (QED) is 0.386. The molecule has 0 unspecified atom stereocenters. The molecule has 0 aliphatic rings. The lowest BCUT2D eigenvalue weighted by molar-refractivity contribution is -0.137. The number of aromatic nitrogens is 3. The molecular weight excluding hydrogens is 419 g/mol. The van der Waals surface area contributed by atoms with E-state index in [1.807, 2.05) is 12.1 Å². The van der Waals surface area contributed by atoms with Crippen LogP contribution in [0.4, 0.5) is 36.4 Å². The largest absolute Gasteiger partial charge is 0.464 e. The third-order valence-electron chi connectivity index (χ3n) is 4.01. The van der Waals surface area contributed by atoms with Crippen molar-refractivity contribution in [3.8, 4) is 11.3 Å². The standard InChI is InChI=1S/C20H13ClF3N5O/c21-15-11-26-19(28-17-7-6-12(10-25-17)16-5-2-8-30-16)29-18(15)27-14-4-1-3-13(9-14)20(22,23)24/h1-11H,(H2,25,26,27,28,29). The van der Waals surface area contributed by atoms with Gasteiger partial charge in [-0.25, -0.2) is 9.97 Å². The Morgan fingerprint density at radius 3 is 2.50 bits per heavy atom. The zero-order chi connectivity index (χ0) is 21.1. The molecule has 0 fully saturated rings. The number of hydrogen-bond acceptors (Lipinski definition) is 6. The molecule has 0 saturated heterocycles. The molecule has 0 bridgehead atoms. The van der Waals surface area contributed by atoms with Crippen molar-refractivity contribution >= 4 is 34.9 Å². The van der Waals surface area contributed by atoms with E-state index in [0.29, 0.717) is 11.6 Å². The van der Waals surface area contributed by atoms with Gasteiger partial charge in [0.15, 0.2) is 5.82 Å². The number of benzene rings is 1. The van der Waals surface area contributed by atoms with Crippen molar-refractivity contribution in [2.24, 2.45) is 0 Å². The average molecular weight is 432 g/mol. The first-order valence-corrected chi connectivity index (χ1v) is 9.00. The van der Waals surface area contributed by atoms with E-state index >= 15 is 0 Å². The van der Waals surface area contributed by atoms with Crippen LogP contribution in [0.5, 0.6) is 0 Å². The van der Waals surface area contributed by atoms with Gasteiger partial charge in [-0.05, 0) is 42.5 Å². The van der Waals surface area contributed by atoms with Crippen molar-refractivity contribution in [3.63, 3.8) is 0 Å². The minimum Gasteiger partial charge on any atom is -0.464 e. The third-order valence-corrected chi connectivity index (χ3v) is 4.28. The molecule has 30 heavy (non-hydrogen) atoms. The minimum atomic E-state index is -4.45. The van der Waals surface area contributed by atoms with Crippen LogP contribution in [0, 0.1) is 0 Å². The highest BCUT2D eigenvalue weighted by molar-refractivity contribution is 6.32. The van der Waals surface area contributed by atoms with Crippen molar-refractivity contribution in [3.05, 3.63) is 77.8 Å². The van der Waals surface area contributed by atoms with Crippen molar-refractivity contribution in [2.45, 2.75) is 6.18 Å². The third kappa shape index (κ3) is 4.52. The Kier molecular flexibility index (Phi) is 5.28. The van der Waals surface area contributed by atoms with Gasteiger partial charge in [0.2, 0.25) is 5.95 Å². The number of nitrogens with one attached hydrogen (secondary N) is 2. The summed E-state index contributed by atoms with van der Waals surface area (Å²) < 4.78 is 44.0. The van der Waals surface area contributed by atoms with E-state index in [1.165, 1.54) is 18.3 Å². The molecule has 1 aromatic carbocycles. The van der Waals surface area contributed by atoms with Crippen LogP contribution in [-0.2, 0) is 6.18 Å². The lowest BCUT2D eigenvalue weighted by Gasteiger charge is -2.12. The molecule has 2 N–H and O–H groups in total. The van der Waals surface area contributed by atoms with E-state index in [4.69, 9.17) is 16.0 Å². The van der Waals surface area contributed by atoms with Crippen LogP contribution >= 0.6 is 11.6 Å². The Hall–Kier alpha value is -3.59. The van der Waals surface area contributed by atoms with Crippen molar-refractivity contribution < 1.29 is 17.6 Å². The fraction of sp³-hybridized carbons (Fsp3) is 0.0500. The van der Waals surface area contributed by atoms with E-state index in [1.54, 1.807) is 24.6 Å². The Morgan fingerprint density at radius 2 is 1.80 bits per heavy atom. The highest BCUT2D eigenvalue weighted by atomic mass is 35.5. The molecule has 0 aliphatic heterocycles. The van der Waals surface area contributed by atoms with Crippen LogP contribution in [0.25, 0.3) is 11.3 Å². The number of anilines is 4. The zero-order valence-electron chi connectivity index (χ0n) is 15.1. The summed E-state index contributed by atoms with van der Waals surface area (Å²) in [5, 5.41) is 5.86. The highest BCUT2D eigenvalue weighted by Gasteiger charge is 2.30. The number of hydrogen-bond donors (Lipinski definition) is 2. The molecule has 0 atom stereocenters. The van der Waals surface area contributed by atoms with Crippen LogP contribution in [-0.4, -0.2) is 15.0 Å². The van der Waals surface area contributed by atoms with Gasteiger partial charge in [0.1, 0.15) is 16.6 Å². The molecule has 4 aromatic rings. The van der Waals surface area contributed by atoms with Gasteiger partial charge in [-0.15, -0.1) is 0 Å². The second-order valence-electron chi connectivity index (χ2n) is 6.13. The molecule has 152 valence electrons. The molecule has 4 rings (SSSR count). The number of furan rings is 1. The van der Waals surface area contributed by atoms with Gasteiger partial charge in [0, 0.05) is 17.4 Å². The Morgan fingerprint density at radius 1 is 0.933 bits per heavy atom. The molecule has 0 spiro atoms. The smallest absolute Gasteiger partial charge is 0.416 e. The van der Waals surface area contributed by atoms with Gasteiger partial charge >= 0.3 is 6.18 Å². The molecule has 3 aromatic heterocycles. The zero-order valence-corrected chi connectivity index (χ0v) is 15.9. The van der Waals surface area contributed by atoms with Crippen LogP contribution in [0.1, 0.15) is 5.56 Å². The van der Waals surface area contributed by atoms with Crippen LogP contribution < -0.4 is 10.6 Å². The Labute approximate surface area is 173 Å². The Balaban J connectivity index is 1.52. The summed E-state index contributed by atoms with van der Waals surface area (Å²) in [6.07, 6.45) is 0.0816. The second-order valence-corrected chi connectivity index (χ2v) is 6.54. The molecule has 3 heterocycles. The summed E-state index contributed by atoms with van der Waals surface area (Å²) in [5.41, 5.74) is 0.212. The van der Waals surface area contributed by atoms with Gasteiger partial charge in [0.05, 0.1) is 18.0 Å². The fourth-order valence-electron chi connectivity index (χ4n) is 2.60. The number of rotatable bonds is 5. The fourth-order valence-corrected chi connectivity index (χ4v) is 2.73. The summed E-state index contributed by atoms with van der Waals surface area (Å²) in [7, 11) is 0. The van der Waals surface area contributed by atoms with E-state index in [2.05, 4.69) is 25.6 Å². The number of nitrogens with zero attached hydrogens (tertiary/aromatic N) is 3. The van der Waals surface area contributed by atoms with Gasteiger partial charge in [-0.3, -0.25) is 0 Å². The maximum atomic E-state index is 12.9. The molecule has 0 aliphatic carbocycles. The van der Waals surface area contributed by atoms with E-state index in [0.717, 1.165) is 17.7 Å². The molecule has 6 nitrogen and oxygen atoms in total. The molecule has 0 saturated carbocycles. The van der Waals surface area contributed by atoms with E-state index in [9.17, 15) is 13.2 Å². The van der Waals surface area contributed by atoms with E-state index < -0.39 is 11.7 Å². The van der Waals surface area contributed by atoms with Crippen LogP contribution in [0.2, 0.25) is 5.02 Å². The van der Waals surface area contributed by atoms with Gasteiger partial charge in [0.25, 0.3) is 0 Å². The normalized spacial score (nSPS) is 11.3. The molecular formula is C20H13ClF3N5O. The number of pyridine rings is 1. The van der Waals surface area contributed by atoms with Crippen molar-refractivity contribution in [1.29, 1.82) is 0 Å². The van der Waals surface area contributed by atoms with Crippen molar-refractivity contribution in [1.82, 2.24) is 15.0 Å². The first kappa shape index (κ1) is 19.7. The average Bonchev–Trinajstić information content (AvgIpc) is 3.26. The van der Waals surface area contributed by atoms with Crippen molar-refractivity contribution in [2.75, 3.05) is 10.6 Å². The predicted octanol–water partition coefficient (Wildman–Crippen LogP) is 6.29. The lowest BCUT2D eigenvalue weighted by atomic mass is 10.2. The monoisotopic (exact) mass is 431 g/mol. The first-order valence-electron chi connectivity index (χ1n) is 8.62. The molecule has 0 radical (unpaired) electrons. The molecule has 0 amide bonds. The van der Waals surface area contributed by atoms with Gasteiger partial charge in [-0.1, -0.05) is 17.7 Å². The number of alkyl halides is 3. The highest BCUT2D eigenvalue weighted by Crippen LogP contribution is 2.32. The number of halogens is 4. The maximum Gasteiger partial charge on any atom is 0.416 e. The topological polar surface area (TPSA) is 75.9 Å². The summed E-state index contributed by atoms with van der Waals surface area (Å²) in [4.78, 5) is 12.6. The summed E-state index contributed by atoms with van der Waals surface area (Å²) >= 11 is 6.09. The minimum absolute atomic E-state index is 0.152. The van der Waals surface area contributed by atoms with Gasteiger partial charge < -0.3 is 15.1 Å². The van der Waals surface area contributed by atoms with Crippen LogP contribution in [0.3, 0.4) is 0 Å². The van der Waals surface area contributed by atoms with Gasteiger partial charge in [-0.2, -0.15) is 18.2 Å². The SMILES string of the molecule is FC(F)(F)c1cccc(Nc2nc(Nc3ccc(-c4ccco4)cn3)ncc2Cl)c1. The lowest BCUT2D eigenvalue weighted by Crippen LogP contribution is -2.06. The van der Waals surface area contributed by atoms with E-state index in [-0.39, 0.29) is 22.5 Å². The second kappa shape index (κ2) is 8.03. The predicted molar refractivity (Wildman–Crippen MR) is 107 cm³/mol. The van der Waals surface area contributed by atoms with Crippen LogP contribution in [0.15, 0.2) is 71.6 Å². The first-order chi connectivity index (χ1) is 14.4. The summed E-state index contributed by atoms with van der Waals surface area (Å²) in [6, 6.07) is 11.9. The summed E-state index contributed by atoms with van der Waals surface area (Å²) in [6.45, 7) is 0. The Bertz CT molecular complexity index is 1150.